The molecule has 116 valence electrons. The minimum absolute atomic E-state index is 0.146. The van der Waals surface area contributed by atoms with Crippen molar-refractivity contribution in [2.75, 3.05) is 0 Å². The smallest absolute Gasteiger partial charge is 0.119 e. The average molecular weight is 313 g/mol. The molecule has 0 unspecified atom stereocenters. The summed E-state index contributed by atoms with van der Waals surface area (Å²) < 4.78 is 5.62. The summed E-state index contributed by atoms with van der Waals surface area (Å²) in [6.45, 7) is 10.1. The highest BCUT2D eigenvalue weighted by molar-refractivity contribution is 7.49. The van der Waals surface area contributed by atoms with Crippen molar-refractivity contribution in [3.63, 3.8) is 0 Å². The van der Waals surface area contributed by atoms with Gasteiger partial charge in [-0.3, -0.25) is 0 Å². The molecule has 0 atom stereocenters. The molecular weight excluding hydrogens is 291 g/mol. The van der Waals surface area contributed by atoms with E-state index in [1.54, 1.807) is 0 Å². The van der Waals surface area contributed by atoms with Crippen LogP contribution in [0.25, 0.3) is 0 Å². The van der Waals surface area contributed by atoms with Crippen LogP contribution in [0.5, 0.6) is 5.75 Å². The fourth-order valence-corrected chi connectivity index (χ4v) is 3.56. The Hall–Kier alpha value is -1.63. The second-order valence-corrected chi connectivity index (χ2v) is 7.00. The highest BCUT2D eigenvalue weighted by atomic mass is 31.1. The number of benzene rings is 2. The van der Waals surface area contributed by atoms with Gasteiger partial charge in [0.15, 0.2) is 0 Å². The minimum atomic E-state index is 0.146. The van der Waals surface area contributed by atoms with Crippen LogP contribution in [0.1, 0.15) is 36.1 Å². The molecular formula is C19H22O2P-. The van der Waals surface area contributed by atoms with Crippen LogP contribution in [0.4, 0.5) is 0 Å². The van der Waals surface area contributed by atoms with E-state index in [1.807, 2.05) is 52.0 Å². The standard InChI is InChI=1S/C19H23O2P/c1-12(2)21-16-6-8-17(9-7-16)22-19(20)18-14(4)10-13(3)11-15(18)5/h6-12,20H,1-5H3/p-1. The van der Waals surface area contributed by atoms with Gasteiger partial charge in [0.25, 0.3) is 0 Å². The zero-order valence-electron chi connectivity index (χ0n) is 13.8. The fourth-order valence-electron chi connectivity index (χ4n) is 2.56. The summed E-state index contributed by atoms with van der Waals surface area (Å²) >= 11 is 0. The Kier molecular flexibility index (Phi) is 5.39. The van der Waals surface area contributed by atoms with Crippen molar-refractivity contribution in [1.82, 2.24) is 0 Å². The van der Waals surface area contributed by atoms with Crippen molar-refractivity contribution in [3.8, 4) is 5.75 Å². The summed E-state index contributed by atoms with van der Waals surface area (Å²) in [5, 5.41) is 13.6. The predicted octanol–water partition coefficient (Wildman–Crippen LogP) is 3.51. The van der Waals surface area contributed by atoms with Crippen molar-refractivity contribution in [2.45, 2.75) is 40.7 Å². The van der Waals surface area contributed by atoms with Gasteiger partial charge in [-0.1, -0.05) is 25.9 Å². The van der Waals surface area contributed by atoms with Crippen molar-refractivity contribution < 1.29 is 9.84 Å². The third-order valence-corrected chi connectivity index (χ3v) is 4.31. The predicted molar refractivity (Wildman–Crippen MR) is 93.5 cm³/mol. The monoisotopic (exact) mass is 313 g/mol. The second-order valence-electron chi connectivity index (χ2n) is 5.85. The lowest BCUT2D eigenvalue weighted by atomic mass is 10.0. The Balaban J connectivity index is 2.29. The van der Waals surface area contributed by atoms with Crippen LogP contribution >= 0.6 is 8.20 Å². The lowest BCUT2D eigenvalue weighted by Gasteiger charge is -2.18. The third-order valence-electron chi connectivity index (χ3n) is 3.33. The van der Waals surface area contributed by atoms with Crippen molar-refractivity contribution in [1.29, 1.82) is 0 Å². The number of rotatable bonds is 4. The van der Waals surface area contributed by atoms with Crippen molar-refractivity contribution in [2.24, 2.45) is 0 Å². The molecule has 2 nitrogen and oxygen atoms in total. The van der Waals surface area contributed by atoms with Gasteiger partial charge in [0, 0.05) is 5.30 Å². The molecule has 0 bridgehead atoms. The molecule has 0 saturated carbocycles. The molecule has 0 radical (unpaired) electrons. The van der Waals surface area contributed by atoms with Gasteiger partial charge in [-0.25, -0.2) is 0 Å². The zero-order chi connectivity index (χ0) is 16.3. The first-order valence-corrected chi connectivity index (χ1v) is 8.37. The molecule has 0 aliphatic rings. The second kappa shape index (κ2) is 7.09. The van der Waals surface area contributed by atoms with Crippen molar-refractivity contribution in [3.05, 3.63) is 58.7 Å². The molecule has 0 heterocycles. The van der Waals surface area contributed by atoms with E-state index >= 15 is 0 Å². The van der Waals surface area contributed by atoms with Gasteiger partial charge in [0.05, 0.1) is 6.10 Å². The van der Waals surface area contributed by atoms with Crippen LogP contribution in [0.15, 0.2) is 36.4 Å². The van der Waals surface area contributed by atoms with Crippen LogP contribution in [0, 0.1) is 20.8 Å². The Labute approximate surface area is 134 Å². The number of hydrogen-bond acceptors (Lipinski definition) is 2. The van der Waals surface area contributed by atoms with Crippen LogP contribution < -0.4 is 15.1 Å². The molecule has 0 fully saturated rings. The van der Waals surface area contributed by atoms with E-state index in [9.17, 15) is 5.11 Å². The Morgan fingerprint density at radius 1 is 1.00 bits per heavy atom. The Morgan fingerprint density at radius 3 is 2.05 bits per heavy atom. The molecule has 0 aliphatic carbocycles. The minimum Gasteiger partial charge on any atom is -0.823 e. The van der Waals surface area contributed by atoms with E-state index < -0.39 is 0 Å². The van der Waals surface area contributed by atoms with E-state index in [0.29, 0.717) is 8.20 Å². The topological polar surface area (TPSA) is 32.3 Å². The van der Waals surface area contributed by atoms with Gasteiger partial charge in [0.1, 0.15) is 5.75 Å². The molecule has 2 aromatic carbocycles. The van der Waals surface area contributed by atoms with Gasteiger partial charge in [-0.15, -0.1) is 5.48 Å². The summed E-state index contributed by atoms with van der Waals surface area (Å²) in [6.07, 6.45) is 0.155. The van der Waals surface area contributed by atoms with E-state index in [2.05, 4.69) is 19.1 Å². The molecule has 0 aromatic heterocycles. The molecule has 22 heavy (non-hydrogen) atoms. The third kappa shape index (κ3) is 4.19. The van der Waals surface area contributed by atoms with Gasteiger partial charge in [-0.05, 0) is 75.6 Å². The molecule has 0 N–H and O–H groups in total. The van der Waals surface area contributed by atoms with E-state index in [-0.39, 0.29) is 11.6 Å². The van der Waals surface area contributed by atoms with E-state index in [0.717, 1.165) is 27.7 Å². The summed E-state index contributed by atoms with van der Waals surface area (Å²) in [5.41, 5.74) is 4.28. The van der Waals surface area contributed by atoms with Gasteiger partial charge in [0.2, 0.25) is 0 Å². The first kappa shape index (κ1) is 16.7. The first-order chi connectivity index (χ1) is 10.4. The van der Waals surface area contributed by atoms with Gasteiger partial charge < -0.3 is 9.84 Å². The number of ether oxygens (including phenoxy) is 1. The molecule has 3 heteroatoms. The normalized spacial score (nSPS) is 11.9. The van der Waals surface area contributed by atoms with Gasteiger partial charge in [-0.2, -0.15) is 0 Å². The van der Waals surface area contributed by atoms with Crippen LogP contribution in [0.3, 0.4) is 0 Å². The maximum absolute atomic E-state index is 12.6. The quantitative estimate of drug-likeness (QED) is 0.809. The summed E-state index contributed by atoms with van der Waals surface area (Å²) in [5.74, 6) is 0.837. The lowest BCUT2D eigenvalue weighted by Crippen LogP contribution is -2.20. The van der Waals surface area contributed by atoms with Crippen LogP contribution in [0.2, 0.25) is 0 Å². The maximum atomic E-state index is 12.6. The molecule has 2 rings (SSSR count). The zero-order valence-corrected chi connectivity index (χ0v) is 14.7. The highest BCUT2D eigenvalue weighted by Crippen LogP contribution is 2.19. The van der Waals surface area contributed by atoms with Crippen molar-refractivity contribution >= 4 is 19.0 Å². The largest absolute Gasteiger partial charge is 0.823 e. The number of hydrogen-bond donors (Lipinski definition) is 0. The van der Waals surface area contributed by atoms with E-state index in [4.69, 9.17) is 4.74 Å². The Morgan fingerprint density at radius 2 is 1.55 bits per heavy atom. The lowest BCUT2D eigenvalue weighted by molar-refractivity contribution is -0.207. The summed E-state index contributed by atoms with van der Waals surface area (Å²) in [4.78, 5) is 0. The van der Waals surface area contributed by atoms with Crippen LogP contribution in [-0.4, -0.2) is 11.6 Å². The molecule has 0 amide bonds. The fraction of sp³-hybridized carbons (Fsp3) is 0.316. The first-order valence-electron chi connectivity index (χ1n) is 7.47. The van der Waals surface area contributed by atoms with Crippen LogP contribution in [-0.2, 0) is 0 Å². The SMILES string of the molecule is Cc1cc(C)c(C([O-])=Pc2ccc(OC(C)C)cc2)c(C)c1. The highest BCUT2D eigenvalue weighted by Gasteiger charge is 2.03. The summed E-state index contributed by atoms with van der Waals surface area (Å²) in [7, 11) is 0.704. The molecule has 2 aromatic rings. The molecule has 0 spiro atoms. The number of aryl methyl sites for hydroxylation is 3. The molecule has 0 aliphatic heterocycles. The van der Waals surface area contributed by atoms with Gasteiger partial charge >= 0.3 is 0 Å². The Bertz CT molecular complexity index is 662. The van der Waals surface area contributed by atoms with E-state index in [1.165, 1.54) is 5.56 Å². The maximum Gasteiger partial charge on any atom is 0.119 e. The average Bonchev–Trinajstić information content (AvgIpc) is 2.39. The molecule has 0 saturated heterocycles. The summed E-state index contributed by atoms with van der Waals surface area (Å²) in [6, 6.07) is 11.9.